The van der Waals surface area contributed by atoms with Crippen LogP contribution >= 0.6 is 11.3 Å². The highest BCUT2D eigenvalue weighted by Gasteiger charge is 2.07. The van der Waals surface area contributed by atoms with Crippen molar-refractivity contribution < 1.29 is 4.74 Å². The van der Waals surface area contributed by atoms with E-state index in [2.05, 4.69) is 15.3 Å². The van der Waals surface area contributed by atoms with Gasteiger partial charge < -0.3 is 15.8 Å². The average molecular weight is 286 g/mol. The maximum absolute atomic E-state index is 5.82. The van der Waals surface area contributed by atoms with Crippen LogP contribution < -0.4 is 15.8 Å². The van der Waals surface area contributed by atoms with Gasteiger partial charge in [0.1, 0.15) is 17.9 Å². The number of nitrogens with one attached hydrogen (secondary N) is 1. The summed E-state index contributed by atoms with van der Waals surface area (Å²) in [6.45, 7) is 0.595. The summed E-state index contributed by atoms with van der Waals surface area (Å²) in [4.78, 5) is 8.51. The first-order valence-corrected chi connectivity index (χ1v) is 7.00. The Bertz CT molecular complexity index is 741. The molecule has 0 atom stereocenters. The predicted octanol–water partition coefficient (Wildman–Crippen LogP) is 2.89. The van der Waals surface area contributed by atoms with Gasteiger partial charge in [-0.05, 0) is 29.6 Å². The molecule has 0 amide bonds. The highest BCUT2D eigenvalue weighted by atomic mass is 32.1. The fourth-order valence-electron chi connectivity index (χ4n) is 2.03. The maximum Gasteiger partial charge on any atom is 0.147 e. The zero-order valence-electron chi connectivity index (χ0n) is 11.0. The van der Waals surface area contributed by atoms with Crippen molar-refractivity contribution in [3.05, 3.63) is 41.5 Å². The van der Waals surface area contributed by atoms with Crippen LogP contribution in [0.15, 0.2) is 36.0 Å². The van der Waals surface area contributed by atoms with Crippen LogP contribution in [0.2, 0.25) is 0 Å². The number of hydrogen-bond acceptors (Lipinski definition) is 6. The highest BCUT2D eigenvalue weighted by molar-refractivity contribution is 7.17. The van der Waals surface area contributed by atoms with E-state index >= 15 is 0 Å². The van der Waals surface area contributed by atoms with E-state index in [1.807, 2.05) is 29.6 Å². The molecule has 0 saturated carbocycles. The summed E-state index contributed by atoms with van der Waals surface area (Å²) >= 11 is 1.62. The highest BCUT2D eigenvalue weighted by Crippen LogP contribution is 2.27. The molecule has 20 heavy (non-hydrogen) atoms. The third-order valence-corrected chi connectivity index (χ3v) is 3.90. The van der Waals surface area contributed by atoms with Gasteiger partial charge >= 0.3 is 0 Å². The topological polar surface area (TPSA) is 73.1 Å². The number of nitrogens with zero attached hydrogens (tertiary/aromatic N) is 2. The molecule has 0 saturated heterocycles. The number of thiophene rings is 1. The second-order valence-corrected chi connectivity index (χ2v) is 5.20. The quantitative estimate of drug-likeness (QED) is 0.721. The minimum Gasteiger partial charge on any atom is -0.496 e. The molecule has 3 rings (SSSR count). The first-order valence-electron chi connectivity index (χ1n) is 6.12. The molecule has 0 fully saturated rings. The summed E-state index contributed by atoms with van der Waals surface area (Å²) in [6.07, 6.45) is 1.56. The summed E-state index contributed by atoms with van der Waals surface area (Å²) in [5.41, 5.74) is 8.48. The minimum absolute atomic E-state index is 0.595. The number of fused-ring (bicyclic) bond motifs is 1. The van der Waals surface area contributed by atoms with Crippen LogP contribution in [0, 0.1) is 0 Å². The van der Waals surface area contributed by atoms with Crippen molar-refractivity contribution in [3.63, 3.8) is 0 Å². The molecule has 0 spiro atoms. The van der Waals surface area contributed by atoms with Crippen LogP contribution in [-0.4, -0.2) is 17.1 Å². The standard InChI is InChI=1S/C14H14N4OS/c1-19-12-3-2-10(15)6-9(12)7-16-14-13-11(4-5-20-13)17-8-18-14/h2-6,8H,7,15H2,1H3,(H,16,17,18). The van der Waals surface area contributed by atoms with Crippen LogP contribution in [0.4, 0.5) is 11.5 Å². The molecule has 102 valence electrons. The number of nitrogen functional groups attached to an aromatic ring is 1. The molecule has 0 aliphatic carbocycles. The molecular formula is C14H14N4OS. The number of rotatable bonds is 4. The van der Waals surface area contributed by atoms with Gasteiger partial charge in [0, 0.05) is 17.8 Å². The molecular weight excluding hydrogens is 272 g/mol. The number of hydrogen-bond donors (Lipinski definition) is 2. The Labute approximate surface area is 120 Å². The third-order valence-electron chi connectivity index (χ3n) is 2.99. The summed E-state index contributed by atoms with van der Waals surface area (Å²) in [5, 5.41) is 5.32. The number of anilines is 2. The molecule has 0 aliphatic rings. The van der Waals surface area contributed by atoms with Crippen molar-refractivity contribution in [1.82, 2.24) is 9.97 Å². The number of methoxy groups -OCH3 is 1. The zero-order chi connectivity index (χ0) is 13.9. The Kier molecular flexibility index (Phi) is 3.39. The van der Waals surface area contributed by atoms with E-state index in [1.54, 1.807) is 24.8 Å². The largest absolute Gasteiger partial charge is 0.496 e. The lowest BCUT2D eigenvalue weighted by Crippen LogP contribution is -2.04. The van der Waals surface area contributed by atoms with Crippen molar-refractivity contribution in [1.29, 1.82) is 0 Å². The normalized spacial score (nSPS) is 10.7. The molecule has 0 aliphatic heterocycles. The van der Waals surface area contributed by atoms with E-state index in [1.165, 1.54) is 0 Å². The predicted molar refractivity (Wildman–Crippen MR) is 82.1 cm³/mol. The summed E-state index contributed by atoms with van der Waals surface area (Å²) < 4.78 is 6.39. The average Bonchev–Trinajstić information content (AvgIpc) is 2.94. The SMILES string of the molecule is COc1ccc(N)cc1CNc1ncnc2ccsc12. The Morgan fingerprint density at radius 3 is 3.05 bits per heavy atom. The van der Waals surface area contributed by atoms with E-state index in [4.69, 9.17) is 10.5 Å². The van der Waals surface area contributed by atoms with Gasteiger partial charge in [-0.2, -0.15) is 0 Å². The fourth-order valence-corrected chi connectivity index (χ4v) is 2.84. The smallest absolute Gasteiger partial charge is 0.147 e. The molecule has 0 radical (unpaired) electrons. The number of benzene rings is 1. The van der Waals surface area contributed by atoms with Crippen LogP contribution in [0.25, 0.3) is 10.2 Å². The van der Waals surface area contributed by atoms with Gasteiger partial charge in [-0.1, -0.05) is 0 Å². The molecule has 3 aromatic rings. The molecule has 3 N–H and O–H groups in total. The van der Waals surface area contributed by atoms with E-state index in [0.717, 1.165) is 27.3 Å². The Morgan fingerprint density at radius 2 is 2.20 bits per heavy atom. The minimum atomic E-state index is 0.595. The van der Waals surface area contributed by atoms with Gasteiger partial charge in [-0.3, -0.25) is 0 Å². The molecule has 0 bridgehead atoms. The molecule has 1 aromatic carbocycles. The van der Waals surface area contributed by atoms with E-state index in [9.17, 15) is 0 Å². The number of nitrogens with two attached hydrogens (primary N) is 1. The van der Waals surface area contributed by atoms with E-state index < -0.39 is 0 Å². The summed E-state index contributed by atoms with van der Waals surface area (Å²) in [7, 11) is 1.65. The molecule has 6 heteroatoms. The van der Waals surface area contributed by atoms with Gasteiger partial charge in [0.05, 0.1) is 17.3 Å². The van der Waals surface area contributed by atoms with Crippen molar-refractivity contribution in [2.45, 2.75) is 6.54 Å². The first-order chi connectivity index (χ1) is 9.78. The third kappa shape index (κ3) is 2.37. The second-order valence-electron chi connectivity index (χ2n) is 4.28. The van der Waals surface area contributed by atoms with Crippen molar-refractivity contribution >= 4 is 33.1 Å². The van der Waals surface area contributed by atoms with E-state index in [-0.39, 0.29) is 0 Å². The lowest BCUT2D eigenvalue weighted by Gasteiger charge is -2.11. The lowest BCUT2D eigenvalue weighted by molar-refractivity contribution is 0.410. The Morgan fingerprint density at radius 1 is 1.30 bits per heavy atom. The maximum atomic E-state index is 5.82. The van der Waals surface area contributed by atoms with E-state index in [0.29, 0.717) is 12.2 Å². The second kappa shape index (κ2) is 5.34. The number of aromatic nitrogens is 2. The van der Waals surface area contributed by atoms with Crippen LogP contribution in [-0.2, 0) is 6.54 Å². The molecule has 2 heterocycles. The molecule has 0 unspecified atom stereocenters. The summed E-state index contributed by atoms with van der Waals surface area (Å²) in [6, 6.07) is 7.57. The molecule has 5 nitrogen and oxygen atoms in total. The lowest BCUT2D eigenvalue weighted by atomic mass is 10.2. The van der Waals surface area contributed by atoms with Crippen molar-refractivity contribution in [2.24, 2.45) is 0 Å². The Hall–Kier alpha value is -2.34. The Balaban J connectivity index is 1.86. The summed E-state index contributed by atoms with van der Waals surface area (Å²) in [5.74, 6) is 1.64. The first kappa shape index (κ1) is 12.7. The zero-order valence-corrected chi connectivity index (χ0v) is 11.8. The van der Waals surface area contributed by atoms with Crippen LogP contribution in [0.3, 0.4) is 0 Å². The van der Waals surface area contributed by atoms with Gasteiger partial charge in [-0.15, -0.1) is 11.3 Å². The monoisotopic (exact) mass is 286 g/mol. The van der Waals surface area contributed by atoms with Gasteiger partial charge in [0.15, 0.2) is 0 Å². The van der Waals surface area contributed by atoms with Crippen LogP contribution in [0.1, 0.15) is 5.56 Å². The van der Waals surface area contributed by atoms with Crippen LogP contribution in [0.5, 0.6) is 5.75 Å². The fraction of sp³-hybridized carbons (Fsp3) is 0.143. The van der Waals surface area contributed by atoms with Gasteiger partial charge in [0.25, 0.3) is 0 Å². The van der Waals surface area contributed by atoms with Gasteiger partial charge in [0.2, 0.25) is 0 Å². The van der Waals surface area contributed by atoms with Gasteiger partial charge in [-0.25, -0.2) is 9.97 Å². The molecule has 2 aromatic heterocycles. The number of ether oxygens (including phenoxy) is 1. The van der Waals surface area contributed by atoms with Crippen molar-refractivity contribution in [3.8, 4) is 5.75 Å². The van der Waals surface area contributed by atoms with Crippen molar-refractivity contribution in [2.75, 3.05) is 18.2 Å².